The highest BCUT2D eigenvalue weighted by atomic mass is 16.5. The molecule has 20 heavy (non-hydrogen) atoms. The average molecular weight is 276 g/mol. The molecule has 0 atom stereocenters. The summed E-state index contributed by atoms with van der Waals surface area (Å²) in [6, 6.07) is 0. The molecule has 2 heterocycles. The lowest BCUT2D eigenvalue weighted by atomic mass is 9.94. The van der Waals surface area contributed by atoms with Gasteiger partial charge >= 0.3 is 0 Å². The highest BCUT2D eigenvalue weighted by molar-refractivity contribution is 6.00. The van der Waals surface area contributed by atoms with Gasteiger partial charge in [0.2, 0.25) is 0 Å². The molecule has 0 saturated carbocycles. The zero-order chi connectivity index (χ0) is 14.1. The Kier molecular flexibility index (Phi) is 3.40. The molecule has 0 bridgehead atoms. The summed E-state index contributed by atoms with van der Waals surface area (Å²) in [5, 5.41) is 3.89. The first-order chi connectivity index (χ1) is 9.70. The van der Waals surface area contributed by atoms with Crippen molar-refractivity contribution in [2.75, 3.05) is 13.7 Å². The van der Waals surface area contributed by atoms with Crippen LogP contribution in [0.5, 0.6) is 0 Å². The van der Waals surface area contributed by atoms with E-state index >= 15 is 0 Å². The highest BCUT2D eigenvalue weighted by Crippen LogP contribution is 2.34. The van der Waals surface area contributed by atoms with Gasteiger partial charge in [0.05, 0.1) is 12.2 Å². The van der Waals surface area contributed by atoms with Gasteiger partial charge in [-0.2, -0.15) is 4.98 Å². The molecule has 1 aliphatic carbocycles. The van der Waals surface area contributed by atoms with E-state index in [1.165, 1.54) is 0 Å². The molecule has 0 saturated heterocycles. The minimum Gasteiger partial charge on any atom is -0.455 e. The standard InChI is InChI=1S/C14H16N2O4/c1-8-12-9(17)4-3-5-10(12)19-13(8)14-15-11(16-20-14)6-7-18-2/h3-7H2,1-2H3. The van der Waals surface area contributed by atoms with Gasteiger partial charge in [0.25, 0.3) is 5.89 Å². The van der Waals surface area contributed by atoms with Crippen LogP contribution in [0.4, 0.5) is 0 Å². The molecule has 106 valence electrons. The Morgan fingerprint density at radius 1 is 1.35 bits per heavy atom. The molecular formula is C14H16N2O4. The third-order valence-electron chi connectivity index (χ3n) is 3.50. The van der Waals surface area contributed by atoms with Crippen molar-refractivity contribution in [3.63, 3.8) is 0 Å². The number of methoxy groups -OCH3 is 1. The Bertz CT molecular complexity index is 642. The van der Waals surface area contributed by atoms with Crippen molar-refractivity contribution < 1.29 is 18.5 Å². The van der Waals surface area contributed by atoms with Crippen LogP contribution < -0.4 is 0 Å². The first-order valence-corrected chi connectivity index (χ1v) is 6.68. The van der Waals surface area contributed by atoms with Gasteiger partial charge in [-0.15, -0.1) is 0 Å². The van der Waals surface area contributed by atoms with Gasteiger partial charge in [-0.05, 0) is 13.3 Å². The van der Waals surface area contributed by atoms with Crippen molar-refractivity contribution in [3.05, 3.63) is 22.7 Å². The molecular weight excluding hydrogens is 260 g/mol. The third-order valence-corrected chi connectivity index (χ3v) is 3.50. The van der Waals surface area contributed by atoms with Gasteiger partial charge in [0.15, 0.2) is 17.4 Å². The van der Waals surface area contributed by atoms with Crippen LogP contribution in [0.15, 0.2) is 8.94 Å². The molecule has 6 nitrogen and oxygen atoms in total. The number of nitrogens with zero attached hydrogens (tertiary/aromatic N) is 2. The van der Waals surface area contributed by atoms with Gasteiger partial charge in [-0.25, -0.2) is 0 Å². The normalized spacial score (nSPS) is 14.6. The molecule has 2 aromatic rings. The lowest BCUT2D eigenvalue weighted by Crippen LogP contribution is -2.09. The van der Waals surface area contributed by atoms with Crippen LogP contribution in [0.3, 0.4) is 0 Å². The Hall–Kier alpha value is -1.95. The summed E-state index contributed by atoms with van der Waals surface area (Å²) in [7, 11) is 1.62. The summed E-state index contributed by atoms with van der Waals surface area (Å²) in [5.74, 6) is 2.29. The van der Waals surface area contributed by atoms with Crippen molar-refractivity contribution in [2.45, 2.75) is 32.6 Å². The van der Waals surface area contributed by atoms with Crippen molar-refractivity contribution in [1.29, 1.82) is 0 Å². The van der Waals surface area contributed by atoms with Gasteiger partial charge in [-0.1, -0.05) is 5.16 Å². The van der Waals surface area contributed by atoms with E-state index in [9.17, 15) is 4.79 Å². The minimum absolute atomic E-state index is 0.137. The van der Waals surface area contributed by atoms with E-state index in [4.69, 9.17) is 13.7 Å². The molecule has 0 N–H and O–H groups in total. The lowest BCUT2D eigenvalue weighted by Gasteiger charge is -2.07. The van der Waals surface area contributed by atoms with Crippen LogP contribution in [0.25, 0.3) is 11.7 Å². The number of ether oxygens (including phenoxy) is 1. The van der Waals surface area contributed by atoms with E-state index in [1.807, 2.05) is 6.92 Å². The average Bonchev–Trinajstić information content (AvgIpc) is 3.02. The molecule has 3 rings (SSSR count). The number of hydrogen-bond donors (Lipinski definition) is 0. The van der Waals surface area contributed by atoms with Gasteiger partial charge in [0, 0.05) is 31.9 Å². The number of fused-ring (bicyclic) bond motifs is 1. The number of Topliss-reactive ketones (excluding diaryl/α,β-unsaturated/α-hetero) is 1. The zero-order valence-corrected chi connectivity index (χ0v) is 11.6. The highest BCUT2D eigenvalue weighted by Gasteiger charge is 2.28. The van der Waals surface area contributed by atoms with E-state index in [1.54, 1.807) is 7.11 Å². The predicted octanol–water partition coefficient (Wildman–Crippen LogP) is 2.35. The van der Waals surface area contributed by atoms with Crippen LogP contribution in [0.1, 0.15) is 40.3 Å². The SMILES string of the molecule is COCCc1noc(-c2oc3c(c2C)C(=O)CCC3)n1. The summed E-state index contributed by atoms with van der Waals surface area (Å²) in [6.07, 6.45) is 2.78. The Balaban J connectivity index is 1.94. The van der Waals surface area contributed by atoms with Gasteiger partial charge < -0.3 is 13.7 Å². The third kappa shape index (κ3) is 2.16. The monoisotopic (exact) mass is 276 g/mol. The first-order valence-electron chi connectivity index (χ1n) is 6.68. The van der Waals surface area contributed by atoms with E-state index in [0.717, 1.165) is 24.2 Å². The summed E-state index contributed by atoms with van der Waals surface area (Å²) in [6.45, 7) is 2.39. The summed E-state index contributed by atoms with van der Waals surface area (Å²) in [5.41, 5.74) is 1.49. The number of hydrogen-bond acceptors (Lipinski definition) is 6. The largest absolute Gasteiger partial charge is 0.455 e. The molecule has 0 aliphatic heterocycles. The second kappa shape index (κ2) is 5.20. The smallest absolute Gasteiger partial charge is 0.293 e. The summed E-state index contributed by atoms with van der Waals surface area (Å²) in [4.78, 5) is 16.2. The maximum atomic E-state index is 12.0. The van der Waals surface area contributed by atoms with E-state index in [-0.39, 0.29) is 5.78 Å². The molecule has 1 aliphatic rings. The molecule has 0 radical (unpaired) electrons. The maximum Gasteiger partial charge on any atom is 0.293 e. The van der Waals surface area contributed by atoms with Crippen LogP contribution in [0, 0.1) is 6.92 Å². The number of carbonyl (C=O) groups excluding carboxylic acids is 1. The maximum absolute atomic E-state index is 12.0. The van der Waals surface area contributed by atoms with E-state index in [0.29, 0.717) is 42.5 Å². The minimum atomic E-state index is 0.137. The Morgan fingerprint density at radius 3 is 2.95 bits per heavy atom. The van der Waals surface area contributed by atoms with Crippen molar-refractivity contribution in [3.8, 4) is 11.7 Å². The van der Waals surface area contributed by atoms with E-state index < -0.39 is 0 Å². The topological polar surface area (TPSA) is 78.4 Å². The second-order valence-electron chi connectivity index (χ2n) is 4.89. The van der Waals surface area contributed by atoms with Crippen molar-refractivity contribution >= 4 is 5.78 Å². The molecule has 0 spiro atoms. The number of ketones is 1. The summed E-state index contributed by atoms with van der Waals surface area (Å²) >= 11 is 0. The van der Waals surface area contributed by atoms with Crippen LogP contribution >= 0.6 is 0 Å². The molecule has 6 heteroatoms. The van der Waals surface area contributed by atoms with Crippen LogP contribution in [-0.2, 0) is 17.6 Å². The van der Waals surface area contributed by atoms with Crippen molar-refractivity contribution in [1.82, 2.24) is 10.1 Å². The quantitative estimate of drug-likeness (QED) is 0.852. The van der Waals surface area contributed by atoms with Crippen LogP contribution in [0.2, 0.25) is 0 Å². The lowest BCUT2D eigenvalue weighted by molar-refractivity contribution is 0.0969. The fraction of sp³-hybridized carbons (Fsp3) is 0.500. The number of rotatable bonds is 4. The van der Waals surface area contributed by atoms with E-state index in [2.05, 4.69) is 10.1 Å². The molecule has 2 aromatic heterocycles. The molecule has 0 amide bonds. The molecule has 0 fully saturated rings. The van der Waals surface area contributed by atoms with Gasteiger partial charge in [-0.3, -0.25) is 4.79 Å². The van der Waals surface area contributed by atoms with Crippen LogP contribution in [-0.4, -0.2) is 29.6 Å². The number of carbonyl (C=O) groups is 1. The Labute approximate surface area is 116 Å². The predicted molar refractivity (Wildman–Crippen MR) is 69.6 cm³/mol. The number of aromatic nitrogens is 2. The Morgan fingerprint density at radius 2 is 2.20 bits per heavy atom. The number of aryl methyl sites for hydroxylation is 1. The molecule has 0 aromatic carbocycles. The fourth-order valence-corrected chi connectivity index (χ4v) is 2.49. The molecule has 0 unspecified atom stereocenters. The summed E-state index contributed by atoms with van der Waals surface area (Å²) < 4.78 is 16.0. The van der Waals surface area contributed by atoms with Crippen molar-refractivity contribution in [2.24, 2.45) is 0 Å². The van der Waals surface area contributed by atoms with Gasteiger partial charge in [0.1, 0.15) is 5.76 Å². The fourth-order valence-electron chi connectivity index (χ4n) is 2.49. The number of furan rings is 1. The first kappa shape index (κ1) is 13.1. The zero-order valence-electron chi connectivity index (χ0n) is 11.6. The second-order valence-corrected chi connectivity index (χ2v) is 4.89.